The Morgan fingerprint density at radius 3 is 2.28 bits per heavy atom. The van der Waals surface area contributed by atoms with Gasteiger partial charge in [-0.05, 0) is 44.0 Å². The van der Waals surface area contributed by atoms with E-state index in [-0.39, 0.29) is 12.5 Å². The fourth-order valence-corrected chi connectivity index (χ4v) is 4.97. The number of anilines is 1. The average molecular weight is 426 g/mol. The first-order chi connectivity index (χ1) is 14.0. The van der Waals surface area contributed by atoms with Crippen molar-refractivity contribution in [2.45, 2.75) is 30.9 Å². The van der Waals surface area contributed by atoms with Gasteiger partial charge in [-0.3, -0.25) is 4.79 Å². The van der Waals surface area contributed by atoms with Crippen molar-refractivity contribution in [3.63, 3.8) is 0 Å². The summed E-state index contributed by atoms with van der Waals surface area (Å²) < 4.78 is 5.20. The third kappa shape index (κ3) is 5.08. The lowest BCUT2D eigenvalue weighted by molar-refractivity contribution is -0.115. The van der Waals surface area contributed by atoms with Gasteiger partial charge in [0.05, 0.1) is 12.2 Å². The maximum absolute atomic E-state index is 13.3. The van der Waals surface area contributed by atoms with Crippen molar-refractivity contribution in [2.75, 3.05) is 11.9 Å². The molecule has 0 aliphatic rings. The summed E-state index contributed by atoms with van der Waals surface area (Å²) in [5.74, 6) is -0.575. The van der Waals surface area contributed by atoms with Crippen molar-refractivity contribution in [3.05, 3.63) is 82.2 Å². The van der Waals surface area contributed by atoms with Gasteiger partial charge in [0.1, 0.15) is 10.3 Å². The minimum atomic E-state index is -0.448. The minimum Gasteiger partial charge on any atom is -0.462 e. The molecule has 1 N–H and O–H groups in total. The molecule has 150 valence electrons. The fraction of sp³-hybridized carbons (Fsp3) is 0.217. The van der Waals surface area contributed by atoms with Gasteiger partial charge in [-0.25, -0.2) is 4.79 Å². The molecule has 1 heterocycles. The lowest BCUT2D eigenvalue weighted by atomic mass is 10.1. The van der Waals surface area contributed by atoms with Crippen molar-refractivity contribution < 1.29 is 14.3 Å². The van der Waals surface area contributed by atoms with Crippen LogP contribution in [0.5, 0.6) is 0 Å². The summed E-state index contributed by atoms with van der Waals surface area (Å²) in [5.41, 5.74) is 2.19. The Balaban J connectivity index is 1.91. The fourth-order valence-electron chi connectivity index (χ4n) is 2.88. The molecule has 1 unspecified atom stereocenters. The van der Waals surface area contributed by atoms with Crippen LogP contribution in [0, 0.1) is 13.8 Å². The Morgan fingerprint density at radius 1 is 1.03 bits per heavy atom. The zero-order valence-corrected chi connectivity index (χ0v) is 18.2. The molecule has 3 aromatic rings. The number of thioether (sulfide) groups is 1. The molecule has 0 fully saturated rings. The largest absolute Gasteiger partial charge is 0.462 e. The zero-order chi connectivity index (χ0) is 20.8. The summed E-state index contributed by atoms with van der Waals surface area (Å²) >= 11 is 2.88. The maximum atomic E-state index is 13.3. The van der Waals surface area contributed by atoms with Crippen LogP contribution in [0.15, 0.2) is 65.6 Å². The second-order valence-electron chi connectivity index (χ2n) is 6.42. The number of carbonyl (C=O) groups excluding carboxylic acids is 2. The highest BCUT2D eigenvalue weighted by molar-refractivity contribution is 8.00. The summed E-state index contributed by atoms with van der Waals surface area (Å²) in [6.07, 6.45) is 0. The number of ether oxygens (including phenoxy) is 1. The van der Waals surface area contributed by atoms with Crippen molar-refractivity contribution in [1.82, 2.24) is 0 Å². The summed E-state index contributed by atoms with van der Waals surface area (Å²) in [5, 5.41) is 3.08. The first-order valence-electron chi connectivity index (χ1n) is 9.35. The Labute approximate surface area is 179 Å². The number of hydrogen-bond acceptors (Lipinski definition) is 5. The molecule has 1 atom stereocenters. The Hall–Kier alpha value is -2.57. The number of amides is 1. The van der Waals surface area contributed by atoms with E-state index in [1.54, 1.807) is 6.92 Å². The Kier molecular flexibility index (Phi) is 7.12. The highest BCUT2D eigenvalue weighted by atomic mass is 32.2. The predicted octanol–water partition coefficient (Wildman–Crippen LogP) is 6.01. The molecule has 2 aromatic carbocycles. The van der Waals surface area contributed by atoms with E-state index < -0.39 is 11.2 Å². The van der Waals surface area contributed by atoms with E-state index >= 15 is 0 Å². The lowest BCUT2D eigenvalue weighted by Gasteiger charge is -2.17. The standard InChI is InChI=1S/C23H23NO3S2/c1-4-27-23(26)19-15(2)16(3)28-22(19)24-21(25)20(17-11-7-5-8-12-17)29-18-13-9-6-10-14-18/h5-14,20H,4H2,1-3H3,(H,24,25). The molecule has 0 spiro atoms. The second kappa shape index (κ2) is 9.76. The molecule has 0 saturated heterocycles. The van der Waals surface area contributed by atoms with E-state index in [9.17, 15) is 9.59 Å². The van der Waals surface area contributed by atoms with Gasteiger partial charge < -0.3 is 10.1 Å². The van der Waals surface area contributed by atoms with Gasteiger partial charge in [-0.15, -0.1) is 23.1 Å². The van der Waals surface area contributed by atoms with E-state index in [4.69, 9.17) is 4.74 Å². The summed E-state index contributed by atoms with van der Waals surface area (Å²) in [4.78, 5) is 27.7. The van der Waals surface area contributed by atoms with Crippen LogP contribution in [0.2, 0.25) is 0 Å². The van der Waals surface area contributed by atoms with E-state index in [0.717, 1.165) is 20.9 Å². The number of aryl methyl sites for hydroxylation is 1. The van der Waals surface area contributed by atoms with Crippen molar-refractivity contribution in [3.8, 4) is 0 Å². The van der Waals surface area contributed by atoms with Crippen molar-refractivity contribution in [2.24, 2.45) is 0 Å². The SMILES string of the molecule is CCOC(=O)c1c(NC(=O)C(Sc2ccccc2)c2ccccc2)sc(C)c1C. The summed E-state index contributed by atoms with van der Waals surface area (Å²) in [6.45, 7) is 5.87. The molecule has 6 heteroatoms. The van der Waals surface area contributed by atoms with Crippen LogP contribution in [0.1, 0.15) is 38.5 Å². The zero-order valence-electron chi connectivity index (χ0n) is 16.6. The van der Waals surface area contributed by atoms with Gasteiger partial charge in [0.15, 0.2) is 0 Å². The quantitative estimate of drug-likeness (QED) is 0.372. The molecule has 3 rings (SSSR count). The van der Waals surface area contributed by atoms with Gasteiger partial charge in [-0.1, -0.05) is 48.5 Å². The molecular formula is C23H23NO3S2. The van der Waals surface area contributed by atoms with Crippen LogP contribution in [0.3, 0.4) is 0 Å². The normalized spacial score (nSPS) is 11.7. The van der Waals surface area contributed by atoms with E-state index in [0.29, 0.717) is 10.6 Å². The van der Waals surface area contributed by atoms with Gasteiger partial charge >= 0.3 is 5.97 Å². The molecule has 0 aliphatic heterocycles. The number of thiophene rings is 1. The maximum Gasteiger partial charge on any atom is 0.341 e. The monoisotopic (exact) mass is 425 g/mol. The number of hydrogen-bond donors (Lipinski definition) is 1. The van der Waals surface area contributed by atoms with Crippen LogP contribution in [0.25, 0.3) is 0 Å². The Bertz CT molecular complexity index is 984. The molecule has 1 amide bonds. The van der Waals surface area contributed by atoms with Gasteiger partial charge in [0.25, 0.3) is 0 Å². The molecule has 1 aromatic heterocycles. The van der Waals surface area contributed by atoms with E-state index in [2.05, 4.69) is 5.32 Å². The highest BCUT2D eigenvalue weighted by Gasteiger charge is 2.27. The average Bonchev–Trinajstić information content (AvgIpc) is 3.01. The number of nitrogens with one attached hydrogen (secondary N) is 1. The molecule has 0 bridgehead atoms. The predicted molar refractivity (Wildman–Crippen MR) is 120 cm³/mol. The number of benzene rings is 2. The van der Waals surface area contributed by atoms with Crippen molar-refractivity contribution >= 4 is 40.0 Å². The van der Waals surface area contributed by atoms with Crippen LogP contribution >= 0.6 is 23.1 Å². The Morgan fingerprint density at radius 2 is 1.66 bits per heavy atom. The van der Waals surface area contributed by atoms with Crippen LogP contribution in [-0.2, 0) is 9.53 Å². The van der Waals surface area contributed by atoms with E-state index in [1.807, 2.05) is 74.5 Å². The molecule has 29 heavy (non-hydrogen) atoms. The van der Waals surface area contributed by atoms with Gasteiger partial charge in [-0.2, -0.15) is 0 Å². The summed E-state index contributed by atoms with van der Waals surface area (Å²) in [6, 6.07) is 19.5. The number of esters is 1. The second-order valence-corrected chi connectivity index (χ2v) is 8.82. The first kappa shape index (κ1) is 21.1. The third-order valence-electron chi connectivity index (χ3n) is 4.44. The topological polar surface area (TPSA) is 55.4 Å². The summed E-state index contributed by atoms with van der Waals surface area (Å²) in [7, 11) is 0. The van der Waals surface area contributed by atoms with Crippen LogP contribution < -0.4 is 5.32 Å². The van der Waals surface area contributed by atoms with Crippen LogP contribution in [0.4, 0.5) is 5.00 Å². The molecule has 0 radical (unpaired) electrons. The number of rotatable bonds is 7. The first-order valence-corrected chi connectivity index (χ1v) is 11.1. The van der Waals surface area contributed by atoms with Gasteiger partial charge in [0.2, 0.25) is 5.91 Å². The lowest BCUT2D eigenvalue weighted by Crippen LogP contribution is -2.20. The van der Waals surface area contributed by atoms with Crippen LogP contribution in [-0.4, -0.2) is 18.5 Å². The minimum absolute atomic E-state index is 0.170. The molecule has 4 nitrogen and oxygen atoms in total. The third-order valence-corrected chi connectivity index (χ3v) is 6.83. The highest BCUT2D eigenvalue weighted by Crippen LogP contribution is 2.38. The van der Waals surface area contributed by atoms with Gasteiger partial charge in [0, 0.05) is 9.77 Å². The molecule has 0 aliphatic carbocycles. The molecular weight excluding hydrogens is 402 g/mol. The number of carbonyl (C=O) groups is 2. The van der Waals surface area contributed by atoms with E-state index in [1.165, 1.54) is 23.1 Å². The van der Waals surface area contributed by atoms with Crippen molar-refractivity contribution in [1.29, 1.82) is 0 Å². The molecule has 0 saturated carbocycles. The smallest absolute Gasteiger partial charge is 0.341 e.